The Labute approximate surface area is 236 Å². The van der Waals surface area contributed by atoms with E-state index in [2.05, 4.69) is 21.9 Å². The number of nitrogens with two attached hydrogens (primary N) is 1. The zero-order chi connectivity index (χ0) is 29.4. The van der Waals surface area contributed by atoms with Crippen molar-refractivity contribution in [2.24, 2.45) is 11.7 Å². The van der Waals surface area contributed by atoms with Gasteiger partial charge >= 0.3 is 12.1 Å². The molecule has 0 bridgehead atoms. The second kappa shape index (κ2) is 13.5. The summed E-state index contributed by atoms with van der Waals surface area (Å²) in [6.07, 6.45) is 8.90. The van der Waals surface area contributed by atoms with E-state index in [-0.39, 0.29) is 23.3 Å². The van der Waals surface area contributed by atoms with Gasteiger partial charge in [0.1, 0.15) is 22.1 Å². The van der Waals surface area contributed by atoms with Gasteiger partial charge in [-0.3, -0.25) is 4.79 Å². The Bertz CT molecular complexity index is 1180. The van der Waals surface area contributed by atoms with Gasteiger partial charge in [0.15, 0.2) is 0 Å². The number of ether oxygens (including phenoxy) is 1. The van der Waals surface area contributed by atoms with Crippen LogP contribution in [-0.4, -0.2) is 55.2 Å². The van der Waals surface area contributed by atoms with Crippen molar-refractivity contribution in [1.29, 1.82) is 0 Å². The summed E-state index contributed by atoms with van der Waals surface area (Å²) in [5.41, 5.74) is 3.74. The number of carboxylic acids is 1. The summed E-state index contributed by atoms with van der Waals surface area (Å²) in [6.45, 7) is 5.63. The van der Waals surface area contributed by atoms with Crippen LogP contribution in [0.2, 0.25) is 0 Å². The molecule has 2 fully saturated rings. The maximum atomic E-state index is 12.9. The molecule has 1 aromatic rings. The highest BCUT2D eigenvalue weighted by molar-refractivity contribution is 7.90. The molecule has 3 atom stereocenters. The molecule has 0 heterocycles. The fourth-order valence-corrected chi connectivity index (χ4v) is 6.20. The van der Waals surface area contributed by atoms with Crippen LogP contribution in [0.5, 0.6) is 0 Å². The molecular weight excluding hydrogens is 536 g/mol. The molecule has 2 aliphatic rings. The van der Waals surface area contributed by atoms with Gasteiger partial charge in [0.05, 0.1) is 5.69 Å². The van der Waals surface area contributed by atoms with Crippen molar-refractivity contribution in [3.63, 3.8) is 0 Å². The molecule has 12 heteroatoms. The maximum Gasteiger partial charge on any atom is 0.408 e. The summed E-state index contributed by atoms with van der Waals surface area (Å²) in [6, 6.07) is 6.36. The second-order valence-corrected chi connectivity index (χ2v) is 12.7. The van der Waals surface area contributed by atoms with Gasteiger partial charge in [0.25, 0.3) is 15.9 Å². The van der Waals surface area contributed by atoms with Crippen molar-refractivity contribution >= 4 is 33.7 Å². The monoisotopic (exact) mass is 578 g/mol. The van der Waals surface area contributed by atoms with Crippen LogP contribution in [0.3, 0.4) is 0 Å². The number of anilines is 1. The Morgan fingerprint density at radius 3 is 2.45 bits per heavy atom. The van der Waals surface area contributed by atoms with Crippen molar-refractivity contribution < 1.29 is 32.6 Å². The number of unbranched alkanes of at least 4 members (excludes halogenated alkanes) is 4. The largest absolute Gasteiger partial charge is 0.480 e. The van der Waals surface area contributed by atoms with Crippen LogP contribution in [0.25, 0.3) is 0 Å². The Balaban J connectivity index is 1.38. The summed E-state index contributed by atoms with van der Waals surface area (Å²) in [4.78, 5) is 36.4. The third-order valence-corrected chi connectivity index (χ3v) is 9.15. The summed E-state index contributed by atoms with van der Waals surface area (Å²) in [5.74, 6) is -2.08. The number of carbonyl (C=O) groups excluding carboxylic acids is 2. The van der Waals surface area contributed by atoms with Gasteiger partial charge in [-0.1, -0.05) is 43.9 Å². The molecule has 0 radical (unpaired) electrons. The number of aliphatic carboxylic acids is 1. The van der Waals surface area contributed by atoms with Crippen molar-refractivity contribution in [2.45, 2.75) is 99.6 Å². The normalized spacial score (nSPS) is 22.1. The van der Waals surface area contributed by atoms with Gasteiger partial charge in [-0.05, 0) is 64.0 Å². The summed E-state index contributed by atoms with van der Waals surface area (Å²) < 4.78 is 33.2. The Morgan fingerprint density at radius 2 is 1.80 bits per heavy atom. The maximum absolute atomic E-state index is 12.9. The number of rotatable bonds is 16. The van der Waals surface area contributed by atoms with Gasteiger partial charge in [-0.25, -0.2) is 22.7 Å². The lowest BCUT2D eigenvalue weighted by atomic mass is 9.94. The van der Waals surface area contributed by atoms with Gasteiger partial charge < -0.3 is 26.2 Å². The number of alkyl carbamates (subject to hydrolysis) is 1. The lowest BCUT2D eigenvalue weighted by Crippen LogP contribution is -2.52. The van der Waals surface area contributed by atoms with E-state index in [0.717, 1.165) is 51.4 Å². The molecule has 0 unspecified atom stereocenters. The van der Waals surface area contributed by atoms with Crippen molar-refractivity contribution in [2.75, 3.05) is 11.9 Å². The van der Waals surface area contributed by atoms with Crippen LogP contribution < -0.4 is 21.1 Å². The molecule has 11 nitrogen and oxygen atoms in total. The highest BCUT2D eigenvalue weighted by atomic mass is 32.2. The fraction of sp³-hybridized carbons (Fsp3) is 0.607. The van der Waals surface area contributed by atoms with Gasteiger partial charge in [0.2, 0.25) is 0 Å². The number of carboxylic acid groups (broad SMARTS) is 1. The first-order valence-electron chi connectivity index (χ1n) is 13.9. The van der Waals surface area contributed by atoms with E-state index in [1.54, 1.807) is 24.3 Å². The number of hydrogen-bond acceptors (Lipinski definition) is 8. The van der Waals surface area contributed by atoms with Gasteiger partial charge in [-0.15, -0.1) is 6.58 Å². The highest BCUT2D eigenvalue weighted by Gasteiger charge is 2.56. The smallest absolute Gasteiger partial charge is 0.408 e. The van der Waals surface area contributed by atoms with Gasteiger partial charge in [0, 0.05) is 12.5 Å². The van der Waals surface area contributed by atoms with E-state index in [9.17, 15) is 27.9 Å². The molecule has 0 aromatic heterocycles. The van der Waals surface area contributed by atoms with E-state index >= 15 is 0 Å². The SMILES string of the molecule is C=C[C@@H]1C[C@]1(N)C(=O)NS(=O)(=O)c1ccccc1NCCCCCCC[C@](C)(NC(=O)OC1CCCC1)C(=O)O. The first-order valence-corrected chi connectivity index (χ1v) is 15.4. The zero-order valence-corrected chi connectivity index (χ0v) is 23.9. The average Bonchev–Trinajstić information content (AvgIpc) is 3.32. The van der Waals surface area contributed by atoms with E-state index in [1.165, 1.54) is 13.0 Å². The number of sulfonamides is 1. The van der Waals surface area contributed by atoms with Crippen LogP contribution in [0, 0.1) is 5.92 Å². The lowest BCUT2D eigenvalue weighted by Gasteiger charge is -2.26. The number of amides is 2. The predicted octanol–water partition coefficient (Wildman–Crippen LogP) is 3.66. The molecule has 2 saturated carbocycles. The number of benzene rings is 1. The fourth-order valence-electron chi connectivity index (χ4n) is 4.97. The minimum atomic E-state index is -4.12. The first kappa shape index (κ1) is 31.4. The number of nitrogens with one attached hydrogen (secondary N) is 3. The number of hydrogen-bond donors (Lipinski definition) is 5. The first-order chi connectivity index (χ1) is 18.9. The van der Waals surface area contributed by atoms with Crippen LogP contribution in [0.15, 0.2) is 41.8 Å². The molecule has 1 aromatic carbocycles. The molecule has 0 aliphatic heterocycles. The van der Waals surface area contributed by atoms with Crippen LogP contribution in [0.4, 0.5) is 10.5 Å². The van der Waals surface area contributed by atoms with Crippen LogP contribution in [0.1, 0.15) is 77.6 Å². The molecule has 0 spiro atoms. The summed E-state index contributed by atoms with van der Waals surface area (Å²) in [5, 5.41) is 15.3. The third kappa shape index (κ3) is 8.20. The molecule has 2 aliphatic carbocycles. The molecule has 2 amide bonds. The zero-order valence-electron chi connectivity index (χ0n) is 23.1. The second-order valence-electron chi connectivity index (χ2n) is 11.0. The van der Waals surface area contributed by atoms with Crippen molar-refractivity contribution in [3.05, 3.63) is 36.9 Å². The number of para-hydroxylation sites is 1. The average molecular weight is 579 g/mol. The molecule has 6 N–H and O–H groups in total. The van der Waals surface area contributed by atoms with E-state index in [0.29, 0.717) is 25.1 Å². The topological polar surface area (TPSA) is 177 Å². The van der Waals surface area contributed by atoms with Crippen LogP contribution >= 0.6 is 0 Å². The highest BCUT2D eigenvalue weighted by Crippen LogP contribution is 2.42. The number of carbonyl (C=O) groups is 3. The standard InChI is InChI=1S/C28H42N4O7S/c1-3-20-19-28(20,29)24(33)32-40(37,38)23-16-10-9-15-22(23)30-18-12-6-4-5-11-17-27(2,25(34)35)31-26(36)39-21-13-7-8-14-21/h3,9-10,15-16,20-21,30H,1,4-8,11-14,17-19,29H2,2H3,(H,31,36)(H,32,33)(H,34,35)/t20-,27+,28-/m1/s1. The minimum Gasteiger partial charge on any atom is -0.480 e. The summed E-state index contributed by atoms with van der Waals surface area (Å²) >= 11 is 0. The van der Waals surface area contributed by atoms with E-state index < -0.39 is 39.1 Å². The third-order valence-electron chi connectivity index (χ3n) is 7.76. The Morgan fingerprint density at radius 1 is 1.15 bits per heavy atom. The molecule has 3 rings (SSSR count). The van der Waals surface area contributed by atoms with E-state index in [4.69, 9.17) is 10.5 Å². The molecule has 222 valence electrons. The predicted molar refractivity (Wildman–Crippen MR) is 151 cm³/mol. The molecular formula is C28H42N4O7S. The van der Waals surface area contributed by atoms with E-state index in [1.807, 2.05) is 0 Å². The lowest BCUT2D eigenvalue weighted by molar-refractivity contribution is -0.144. The molecule has 0 saturated heterocycles. The Hall–Kier alpha value is -3.12. The van der Waals surface area contributed by atoms with Crippen molar-refractivity contribution in [1.82, 2.24) is 10.0 Å². The van der Waals surface area contributed by atoms with Crippen LogP contribution in [-0.2, 0) is 24.3 Å². The minimum absolute atomic E-state index is 0.0327. The van der Waals surface area contributed by atoms with Gasteiger partial charge in [-0.2, -0.15) is 0 Å². The summed E-state index contributed by atoms with van der Waals surface area (Å²) in [7, 11) is -4.12. The van der Waals surface area contributed by atoms with Crippen molar-refractivity contribution in [3.8, 4) is 0 Å². The Kier molecular flexibility index (Phi) is 10.6. The molecule has 40 heavy (non-hydrogen) atoms. The quantitative estimate of drug-likeness (QED) is 0.145.